The second-order valence-corrected chi connectivity index (χ2v) is 4.69. The summed E-state index contributed by atoms with van der Waals surface area (Å²) in [4.78, 5) is 5.95. The smallest absolute Gasteiger partial charge is 0.103 e. The number of methoxy groups -OCH3 is 1. The van der Waals surface area contributed by atoms with Gasteiger partial charge in [-0.15, -0.1) is 0 Å². The van der Waals surface area contributed by atoms with Crippen LogP contribution in [0, 0.1) is 11.3 Å². The molecular weight excluding hydrogens is 285 g/mol. The lowest BCUT2D eigenvalue weighted by atomic mass is 10.1. The lowest BCUT2D eigenvalue weighted by molar-refractivity contribution is 0.340. The molecule has 0 aliphatic carbocycles. The molecule has 0 spiro atoms. The van der Waals surface area contributed by atoms with Crippen LogP contribution in [-0.2, 0) is 4.74 Å². The second kappa shape index (κ2) is 7.03. The van der Waals surface area contributed by atoms with Crippen LogP contribution < -0.4 is 0 Å². The molecule has 0 radical (unpaired) electrons. The molecule has 0 aromatic heterocycles. The van der Waals surface area contributed by atoms with Gasteiger partial charge in [-0.1, -0.05) is 23.2 Å². The topological polar surface area (TPSA) is 48.6 Å². The van der Waals surface area contributed by atoms with Gasteiger partial charge >= 0.3 is 0 Å². The average molecular weight is 298 g/mol. The van der Waals surface area contributed by atoms with E-state index < -0.39 is 0 Å². The van der Waals surface area contributed by atoms with Gasteiger partial charge in [-0.3, -0.25) is 0 Å². The fourth-order valence-corrected chi connectivity index (χ4v) is 1.88. The SMILES string of the molecule is COC=C(C#N)c1cc(Cl)c(N=CN(C)C)c(Cl)c1. The van der Waals surface area contributed by atoms with E-state index >= 15 is 0 Å². The van der Waals surface area contributed by atoms with E-state index in [4.69, 9.17) is 33.2 Å². The average Bonchev–Trinajstić information content (AvgIpc) is 2.34. The largest absolute Gasteiger partial charge is 0.503 e. The van der Waals surface area contributed by atoms with Gasteiger partial charge in [-0.25, -0.2) is 4.99 Å². The first-order valence-electron chi connectivity index (χ1n) is 5.32. The number of aliphatic imine (C=N–C) groups is 1. The van der Waals surface area contributed by atoms with Gasteiger partial charge < -0.3 is 9.64 Å². The predicted octanol–water partition coefficient (Wildman–Crippen LogP) is 3.73. The highest BCUT2D eigenvalue weighted by atomic mass is 35.5. The maximum absolute atomic E-state index is 9.02. The van der Waals surface area contributed by atoms with Crippen molar-refractivity contribution in [3.63, 3.8) is 0 Å². The molecule has 19 heavy (non-hydrogen) atoms. The minimum Gasteiger partial charge on any atom is -0.503 e. The third-order valence-corrected chi connectivity index (χ3v) is 2.68. The molecular formula is C13H13Cl2N3O. The molecule has 0 amide bonds. The van der Waals surface area contributed by atoms with Crippen LogP contribution in [0.15, 0.2) is 23.4 Å². The Balaban J connectivity index is 3.25. The molecule has 0 saturated heterocycles. The lowest BCUT2D eigenvalue weighted by Gasteiger charge is -2.07. The van der Waals surface area contributed by atoms with Gasteiger partial charge in [-0.2, -0.15) is 5.26 Å². The standard InChI is InChI=1S/C13H13Cl2N3O/c1-18(2)8-17-13-11(14)4-9(5-12(13)15)10(6-16)7-19-3/h4-5,7-8H,1-3H3. The number of nitrogens with zero attached hydrogens (tertiary/aromatic N) is 3. The van der Waals surface area contributed by atoms with Crippen molar-refractivity contribution in [3.05, 3.63) is 34.0 Å². The summed E-state index contributed by atoms with van der Waals surface area (Å²) >= 11 is 12.3. The van der Waals surface area contributed by atoms with Crippen LogP contribution in [0.25, 0.3) is 5.57 Å². The molecule has 0 unspecified atom stereocenters. The zero-order valence-electron chi connectivity index (χ0n) is 10.8. The highest BCUT2D eigenvalue weighted by Crippen LogP contribution is 2.36. The maximum Gasteiger partial charge on any atom is 0.103 e. The van der Waals surface area contributed by atoms with Crippen LogP contribution in [0.2, 0.25) is 10.0 Å². The third-order valence-electron chi connectivity index (χ3n) is 2.10. The van der Waals surface area contributed by atoms with Crippen LogP contribution in [0.4, 0.5) is 5.69 Å². The van der Waals surface area contributed by atoms with Crippen molar-refractivity contribution >= 4 is 40.8 Å². The van der Waals surface area contributed by atoms with Crippen molar-refractivity contribution in [1.82, 2.24) is 4.90 Å². The number of hydrogen-bond donors (Lipinski definition) is 0. The highest BCUT2D eigenvalue weighted by Gasteiger charge is 2.10. The Kier molecular flexibility index (Phi) is 5.68. The summed E-state index contributed by atoms with van der Waals surface area (Å²) in [5, 5.41) is 9.76. The summed E-state index contributed by atoms with van der Waals surface area (Å²) in [6.45, 7) is 0. The van der Waals surface area contributed by atoms with Crippen LogP contribution >= 0.6 is 23.2 Å². The summed E-state index contributed by atoms with van der Waals surface area (Å²) in [7, 11) is 5.15. The normalized spacial score (nSPS) is 11.5. The molecule has 100 valence electrons. The molecule has 0 heterocycles. The molecule has 0 saturated carbocycles. The fraction of sp³-hybridized carbons (Fsp3) is 0.231. The Morgan fingerprint density at radius 3 is 2.37 bits per heavy atom. The van der Waals surface area contributed by atoms with E-state index in [-0.39, 0.29) is 0 Å². The van der Waals surface area contributed by atoms with Gasteiger partial charge in [0.25, 0.3) is 0 Å². The third kappa shape index (κ3) is 4.16. The first kappa shape index (κ1) is 15.4. The monoisotopic (exact) mass is 297 g/mol. The number of rotatable bonds is 4. The van der Waals surface area contributed by atoms with E-state index in [1.54, 1.807) is 23.4 Å². The first-order valence-corrected chi connectivity index (χ1v) is 6.08. The minimum atomic E-state index is 0.342. The summed E-state index contributed by atoms with van der Waals surface area (Å²) < 4.78 is 4.83. The molecule has 4 nitrogen and oxygen atoms in total. The molecule has 1 aromatic rings. The zero-order valence-corrected chi connectivity index (χ0v) is 12.3. The zero-order chi connectivity index (χ0) is 14.4. The molecule has 6 heteroatoms. The molecule has 0 N–H and O–H groups in total. The number of nitriles is 1. The van der Waals surface area contributed by atoms with Crippen LogP contribution in [0.1, 0.15) is 5.56 Å². The number of ether oxygens (including phenoxy) is 1. The van der Waals surface area contributed by atoms with E-state index in [9.17, 15) is 0 Å². The van der Waals surface area contributed by atoms with Crippen molar-refractivity contribution in [3.8, 4) is 6.07 Å². The predicted molar refractivity (Wildman–Crippen MR) is 78.9 cm³/mol. The molecule has 0 aliphatic rings. The molecule has 0 fully saturated rings. The molecule has 0 bridgehead atoms. The van der Waals surface area contributed by atoms with Crippen molar-refractivity contribution < 1.29 is 4.74 Å². The number of hydrogen-bond acceptors (Lipinski definition) is 3. The number of benzene rings is 1. The van der Waals surface area contributed by atoms with Crippen molar-refractivity contribution in [2.75, 3.05) is 21.2 Å². The Morgan fingerprint density at radius 2 is 1.95 bits per heavy atom. The second-order valence-electron chi connectivity index (χ2n) is 3.88. The van der Waals surface area contributed by atoms with Gasteiger partial charge in [0.15, 0.2) is 0 Å². The van der Waals surface area contributed by atoms with E-state index in [0.29, 0.717) is 26.9 Å². The van der Waals surface area contributed by atoms with Gasteiger partial charge in [0.05, 0.1) is 29.1 Å². The Labute approximate surface area is 122 Å². The molecule has 1 aromatic carbocycles. The minimum absolute atomic E-state index is 0.342. The maximum atomic E-state index is 9.02. The van der Waals surface area contributed by atoms with Gasteiger partial charge in [0.1, 0.15) is 18.0 Å². The summed E-state index contributed by atoms with van der Waals surface area (Å²) in [5.74, 6) is 0. The molecule has 1 rings (SSSR count). The summed E-state index contributed by atoms with van der Waals surface area (Å²) in [6, 6.07) is 5.27. The highest BCUT2D eigenvalue weighted by molar-refractivity contribution is 6.39. The van der Waals surface area contributed by atoms with E-state index in [1.165, 1.54) is 13.4 Å². The number of halogens is 2. The quantitative estimate of drug-likeness (QED) is 0.368. The Bertz CT molecular complexity index is 536. The van der Waals surface area contributed by atoms with Crippen LogP contribution in [-0.4, -0.2) is 32.4 Å². The van der Waals surface area contributed by atoms with E-state index in [0.717, 1.165) is 0 Å². The van der Waals surface area contributed by atoms with Gasteiger partial charge in [-0.05, 0) is 17.7 Å². The Morgan fingerprint density at radius 1 is 1.37 bits per heavy atom. The summed E-state index contributed by atoms with van der Waals surface area (Å²) in [6.07, 6.45) is 2.94. The fourth-order valence-electron chi connectivity index (χ4n) is 1.29. The van der Waals surface area contributed by atoms with Crippen LogP contribution in [0.3, 0.4) is 0 Å². The van der Waals surface area contributed by atoms with Crippen molar-refractivity contribution in [2.45, 2.75) is 0 Å². The lowest BCUT2D eigenvalue weighted by Crippen LogP contribution is -2.07. The molecule has 0 aliphatic heterocycles. The van der Waals surface area contributed by atoms with E-state index in [2.05, 4.69) is 4.99 Å². The summed E-state index contributed by atoms with van der Waals surface area (Å²) in [5.41, 5.74) is 1.40. The van der Waals surface area contributed by atoms with Crippen molar-refractivity contribution in [1.29, 1.82) is 5.26 Å². The van der Waals surface area contributed by atoms with Crippen molar-refractivity contribution in [2.24, 2.45) is 4.99 Å². The van der Waals surface area contributed by atoms with Gasteiger partial charge in [0.2, 0.25) is 0 Å². The first-order chi connectivity index (χ1) is 8.99. The number of allylic oxidation sites excluding steroid dienone is 1. The Hall–Kier alpha value is -1.70. The van der Waals surface area contributed by atoms with Crippen LogP contribution in [0.5, 0.6) is 0 Å². The van der Waals surface area contributed by atoms with Gasteiger partial charge in [0, 0.05) is 14.1 Å². The molecule has 0 atom stereocenters. The van der Waals surface area contributed by atoms with E-state index in [1.807, 2.05) is 20.2 Å².